The Morgan fingerprint density at radius 1 is 1.88 bits per heavy atom. The van der Waals surface area contributed by atoms with E-state index in [-0.39, 0.29) is 0 Å². The van der Waals surface area contributed by atoms with Crippen molar-refractivity contribution in [2.24, 2.45) is 4.99 Å². The van der Waals surface area contributed by atoms with Gasteiger partial charge in [-0.05, 0) is 7.05 Å². The molecule has 8 heavy (non-hydrogen) atoms. The van der Waals surface area contributed by atoms with E-state index in [0.717, 1.165) is 5.71 Å². The summed E-state index contributed by atoms with van der Waals surface area (Å²) in [5.74, 6) is 2.44. The van der Waals surface area contributed by atoms with Crippen LogP contribution in [0.2, 0.25) is 0 Å². The molecule has 0 aliphatic carbocycles. The highest BCUT2D eigenvalue weighted by atomic mass is 14.8. The highest BCUT2D eigenvalue weighted by Gasteiger charge is 1.85. The Morgan fingerprint density at radius 3 is 2.62 bits per heavy atom. The summed E-state index contributed by atoms with van der Waals surface area (Å²) < 4.78 is 0. The van der Waals surface area contributed by atoms with E-state index in [4.69, 9.17) is 6.42 Å². The van der Waals surface area contributed by atoms with Crippen molar-refractivity contribution < 1.29 is 0 Å². The molecule has 0 atom stereocenters. The molecule has 0 spiro atoms. The lowest BCUT2D eigenvalue weighted by Gasteiger charge is -1.91. The zero-order chi connectivity index (χ0) is 6.41. The van der Waals surface area contributed by atoms with Gasteiger partial charge >= 0.3 is 0 Å². The number of nitrogens with one attached hydrogen (secondary N) is 1. The minimum absolute atomic E-state index is 0.688. The van der Waals surface area contributed by atoms with E-state index in [2.05, 4.69) is 16.2 Å². The third kappa shape index (κ3) is 2.38. The van der Waals surface area contributed by atoms with Crippen molar-refractivity contribution in [3.8, 4) is 12.3 Å². The first-order valence-corrected chi connectivity index (χ1v) is 2.42. The second kappa shape index (κ2) is 4.35. The predicted molar refractivity (Wildman–Crippen MR) is 36.1 cm³/mol. The summed E-state index contributed by atoms with van der Waals surface area (Å²) in [6.45, 7) is 0.688. The average Bonchev–Trinajstić information content (AvgIpc) is 1.83. The van der Waals surface area contributed by atoms with Crippen LogP contribution in [-0.2, 0) is 0 Å². The largest absolute Gasteiger partial charge is 0.314 e. The summed E-state index contributed by atoms with van der Waals surface area (Å²) in [7, 11) is 3.52. The molecule has 0 heterocycles. The summed E-state index contributed by atoms with van der Waals surface area (Å²) in [5.41, 5.74) is 0.757. The molecule has 0 radical (unpaired) electrons. The molecule has 0 aromatic heterocycles. The first-order valence-electron chi connectivity index (χ1n) is 2.42. The molecule has 0 saturated carbocycles. The summed E-state index contributed by atoms with van der Waals surface area (Å²) in [4.78, 5) is 3.81. The van der Waals surface area contributed by atoms with Crippen LogP contribution in [0.1, 0.15) is 0 Å². The van der Waals surface area contributed by atoms with E-state index in [1.54, 1.807) is 7.05 Å². The molecule has 1 N–H and O–H groups in total. The second-order valence-electron chi connectivity index (χ2n) is 1.34. The van der Waals surface area contributed by atoms with Crippen LogP contribution in [0, 0.1) is 12.3 Å². The van der Waals surface area contributed by atoms with Crippen molar-refractivity contribution in [2.75, 3.05) is 20.6 Å². The van der Waals surface area contributed by atoms with Gasteiger partial charge in [-0.1, -0.05) is 5.92 Å². The molecule has 0 bridgehead atoms. The summed E-state index contributed by atoms with van der Waals surface area (Å²) >= 11 is 0. The van der Waals surface area contributed by atoms with Crippen molar-refractivity contribution in [1.82, 2.24) is 5.32 Å². The van der Waals surface area contributed by atoms with Crippen LogP contribution in [0.3, 0.4) is 0 Å². The molecule has 0 aromatic carbocycles. The van der Waals surface area contributed by atoms with Gasteiger partial charge in [0, 0.05) is 13.6 Å². The van der Waals surface area contributed by atoms with Crippen LogP contribution < -0.4 is 5.32 Å². The van der Waals surface area contributed by atoms with E-state index in [1.807, 2.05) is 7.05 Å². The molecule has 0 aliphatic heterocycles. The van der Waals surface area contributed by atoms with Crippen LogP contribution in [0.15, 0.2) is 4.99 Å². The van der Waals surface area contributed by atoms with Crippen LogP contribution >= 0.6 is 0 Å². The molecular formula is C6H10N2. The molecule has 0 saturated heterocycles. The Kier molecular flexibility index (Phi) is 3.91. The lowest BCUT2D eigenvalue weighted by Crippen LogP contribution is -2.16. The van der Waals surface area contributed by atoms with Crippen molar-refractivity contribution in [1.29, 1.82) is 0 Å². The van der Waals surface area contributed by atoms with E-state index in [0.29, 0.717) is 6.54 Å². The zero-order valence-corrected chi connectivity index (χ0v) is 5.23. The van der Waals surface area contributed by atoms with Crippen molar-refractivity contribution in [2.45, 2.75) is 0 Å². The van der Waals surface area contributed by atoms with Gasteiger partial charge in [0.2, 0.25) is 0 Å². The van der Waals surface area contributed by atoms with Gasteiger partial charge in [0.25, 0.3) is 0 Å². The van der Waals surface area contributed by atoms with Gasteiger partial charge in [0.15, 0.2) is 0 Å². The molecule has 2 heteroatoms. The zero-order valence-electron chi connectivity index (χ0n) is 5.23. The Morgan fingerprint density at radius 2 is 2.50 bits per heavy atom. The van der Waals surface area contributed by atoms with Crippen LogP contribution in [0.4, 0.5) is 0 Å². The number of aliphatic imine (C=N–C) groups is 1. The number of hydrogen-bond donors (Lipinski definition) is 1. The molecule has 0 aromatic rings. The van der Waals surface area contributed by atoms with E-state index in [9.17, 15) is 0 Å². The monoisotopic (exact) mass is 110 g/mol. The number of nitrogens with zero attached hydrogens (tertiary/aromatic N) is 1. The topological polar surface area (TPSA) is 24.4 Å². The Labute approximate surface area is 50.0 Å². The van der Waals surface area contributed by atoms with Gasteiger partial charge in [-0.3, -0.25) is 4.99 Å². The molecule has 0 aliphatic rings. The Hall–Kier alpha value is -0.810. The maximum absolute atomic E-state index is 5.05. The average molecular weight is 110 g/mol. The third-order valence-corrected chi connectivity index (χ3v) is 0.781. The van der Waals surface area contributed by atoms with Crippen LogP contribution in [0.25, 0.3) is 0 Å². The maximum atomic E-state index is 5.05. The molecular weight excluding hydrogens is 100 g/mol. The van der Waals surface area contributed by atoms with E-state index in [1.165, 1.54) is 0 Å². The van der Waals surface area contributed by atoms with Gasteiger partial charge in [-0.2, -0.15) is 0 Å². The van der Waals surface area contributed by atoms with E-state index < -0.39 is 0 Å². The maximum Gasteiger partial charge on any atom is 0.0975 e. The number of rotatable bonds is 2. The molecule has 0 amide bonds. The first kappa shape index (κ1) is 7.19. The number of hydrogen-bond acceptors (Lipinski definition) is 2. The van der Waals surface area contributed by atoms with Crippen molar-refractivity contribution in [3.05, 3.63) is 0 Å². The van der Waals surface area contributed by atoms with E-state index >= 15 is 0 Å². The molecule has 0 unspecified atom stereocenters. The normalized spacial score (nSPS) is 10.9. The fourth-order valence-electron chi connectivity index (χ4n) is 0.362. The lowest BCUT2D eigenvalue weighted by atomic mass is 10.4. The standard InChI is InChI=1S/C6H10N2/c1-4-6(8-3)5-7-2/h1,7H,5H2,2-3H3. The smallest absolute Gasteiger partial charge is 0.0975 e. The van der Waals surface area contributed by atoms with Gasteiger partial charge in [-0.15, -0.1) is 6.42 Å². The lowest BCUT2D eigenvalue weighted by molar-refractivity contribution is 0.948. The fourth-order valence-corrected chi connectivity index (χ4v) is 0.362. The third-order valence-electron chi connectivity index (χ3n) is 0.781. The predicted octanol–water partition coefficient (Wildman–Crippen LogP) is -0.0902. The fraction of sp³-hybridized carbons (Fsp3) is 0.500. The van der Waals surface area contributed by atoms with Gasteiger partial charge in [0.1, 0.15) is 0 Å². The molecule has 0 fully saturated rings. The van der Waals surface area contributed by atoms with Crippen LogP contribution in [0.5, 0.6) is 0 Å². The Bertz CT molecular complexity index is 119. The SMILES string of the molecule is C#CC(CNC)=NC. The molecule has 2 nitrogen and oxygen atoms in total. The summed E-state index contributed by atoms with van der Waals surface area (Å²) in [6, 6.07) is 0. The molecule has 0 rings (SSSR count). The number of terminal acetylenes is 1. The Balaban J connectivity index is 3.60. The van der Waals surface area contributed by atoms with Gasteiger partial charge in [-0.25, -0.2) is 0 Å². The quantitative estimate of drug-likeness (QED) is 0.390. The minimum Gasteiger partial charge on any atom is -0.314 e. The second-order valence-corrected chi connectivity index (χ2v) is 1.34. The minimum atomic E-state index is 0.688. The summed E-state index contributed by atoms with van der Waals surface area (Å²) in [5, 5.41) is 2.90. The first-order chi connectivity index (χ1) is 3.85. The van der Waals surface area contributed by atoms with Gasteiger partial charge in [0.05, 0.1) is 5.71 Å². The van der Waals surface area contributed by atoms with Crippen molar-refractivity contribution in [3.63, 3.8) is 0 Å². The van der Waals surface area contributed by atoms with Crippen molar-refractivity contribution >= 4 is 5.71 Å². The van der Waals surface area contributed by atoms with Gasteiger partial charge < -0.3 is 5.32 Å². The van der Waals surface area contributed by atoms with Crippen LogP contribution in [-0.4, -0.2) is 26.4 Å². The highest BCUT2D eigenvalue weighted by molar-refractivity contribution is 6.01. The highest BCUT2D eigenvalue weighted by Crippen LogP contribution is 1.68. The summed E-state index contributed by atoms with van der Waals surface area (Å²) in [6.07, 6.45) is 5.05. The molecule has 44 valence electrons.